The van der Waals surface area contributed by atoms with E-state index in [-0.39, 0.29) is 29.8 Å². The number of hydrazone groups is 1. The van der Waals surface area contributed by atoms with Crippen molar-refractivity contribution in [3.63, 3.8) is 0 Å². The number of rotatable bonds is 2. The van der Waals surface area contributed by atoms with Gasteiger partial charge in [0, 0.05) is 23.6 Å². The second-order valence-electron chi connectivity index (χ2n) is 6.87. The van der Waals surface area contributed by atoms with E-state index in [2.05, 4.69) is 15.8 Å². The Labute approximate surface area is 158 Å². The van der Waals surface area contributed by atoms with Gasteiger partial charge in [0.05, 0.1) is 17.2 Å². The predicted molar refractivity (Wildman–Crippen MR) is 96.7 cm³/mol. The summed E-state index contributed by atoms with van der Waals surface area (Å²) in [5.74, 6) is -1.22. The summed E-state index contributed by atoms with van der Waals surface area (Å²) in [7, 11) is 0. The van der Waals surface area contributed by atoms with E-state index < -0.39 is 17.7 Å². The van der Waals surface area contributed by atoms with E-state index in [1.807, 2.05) is 24.3 Å². The number of amides is 2. The maximum absolute atomic E-state index is 12.9. The second-order valence-corrected chi connectivity index (χ2v) is 6.87. The van der Waals surface area contributed by atoms with Crippen LogP contribution in [0.15, 0.2) is 53.6 Å². The van der Waals surface area contributed by atoms with Gasteiger partial charge in [0.25, 0.3) is 0 Å². The topological polar surface area (TPSA) is 70.6 Å². The Bertz CT molecular complexity index is 967. The van der Waals surface area contributed by atoms with Crippen molar-refractivity contribution < 1.29 is 22.8 Å². The van der Waals surface area contributed by atoms with Crippen molar-refractivity contribution in [1.29, 1.82) is 0 Å². The predicted octanol–water partition coefficient (Wildman–Crippen LogP) is 3.67. The molecular weight excluding hydrogens is 371 g/mol. The monoisotopic (exact) mass is 387 g/mol. The first kappa shape index (κ1) is 18.2. The Morgan fingerprint density at radius 2 is 1.82 bits per heavy atom. The lowest BCUT2D eigenvalue weighted by Gasteiger charge is -2.33. The van der Waals surface area contributed by atoms with Gasteiger partial charge in [0.1, 0.15) is 0 Å². The van der Waals surface area contributed by atoms with Crippen molar-refractivity contribution in [3.05, 3.63) is 65.2 Å². The Balaban J connectivity index is 1.60. The maximum Gasteiger partial charge on any atom is 0.416 e. The van der Waals surface area contributed by atoms with Gasteiger partial charge >= 0.3 is 6.18 Å². The molecule has 1 aliphatic carbocycles. The number of halogens is 3. The number of nitrogens with one attached hydrogen (secondary N) is 2. The molecule has 2 aromatic rings. The molecule has 0 bridgehead atoms. The molecule has 5 nitrogen and oxygen atoms in total. The third kappa shape index (κ3) is 3.37. The summed E-state index contributed by atoms with van der Waals surface area (Å²) in [5, 5.41) is 6.85. The molecule has 0 radical (unpaired) electrons. The average Bonchev–Trinajstić information content (AvgIpc) is 2.66. The lowest BCUT2D eigenvalue weighted by molar-refractivity contribution is -0.137. The van der Waals surface area contributed by atoms with Crippen LogP contribution in [-0.2, 0) is 15.8 Å². The minimum Gasteiger partial charge on any atom is -0.326 e. The minimum atomic E-state index is -4.43. The van der Waals surface area contributed by atoms with Crippen LogP contribution in [0.4, 0.5) is 18.9 Å². The first-order valence-corrected chi connectivity index (χ1v) is 8.77. The van der Waals surface area contributed by atoms with Crippen LogP contribution in [-0.4, -0.2) is 17.5 Å². The number of alkyl halides is 3. The third-order valence-corrected chi connectivity index (χ3v) is 5.05. The average molecular weight is 387 g/mol. The molecule has 28 heavy (non-hydrogen) atoms. The standard InChI is InChI=1S/C20H16F3N3O2/c21-20(22,23)12-5-7-13(8-6-12)24-19(28)16-9-11-10-17(27)25-26-18(11)15-4-2-1-3-14(15)16/h1-8,11,16H,9-10H2,(H,24,28)(H,25,27)/t11?,16-/m1/s1. The summed E-state index contributed by atoms with van der Waals surface area (Å²) in [6.07, 6.45) is -3.77. The van der Waals surface area contributed by atoms with Gasteiger partial charge in [0.15, 0.2) is 0 Å². The number of hydrogen-bond donors (Lipinski definition) is 2. The quantitative estimate of drug-likeness (QED) is 0.826. The summed E-state index contributed by atoms with van der Waals surface area (Å²) >= 11 is 0. The van der Waals surface area contributed by atoms with Crippen molar-refractivity contribution in [3.8, 4) is 0 Å². The highest BCUT2D eigenvalue weighted by Gasteiger charge is 2.38. The molecule has 2 N–H and O–H groups in total. The van der Waals surface area contributed by atoms with Gasteiger partial charge in [-0.15, -0.1) is 0 Å². The molecule has 144 valence electrons. The van der Waals surface area contributed by atoms with Gasteiger partial charge in [-0.05, 0) is 36.2 Å². The number of carbonyl (C=O) groups is 2. The van der Waals surface area contributed by atoms with Gasteiger partial charge in [-0.25, -0.2) is 5.43 Å². The fourth-order valence-corrected chi connectivity index (χ4v) is 3.72. The van der Waals surface area contributed by atoms with E-state index in [1.54, 1.807) is 0 Å². The van der Waals surface area contributed by atoms with Gasteiger partial charge in [-0.3, -0.25) is 9.59 Å². The van der Waals surface area contributed by atoms with Gasteiger partial charge in [0.2, 0.25) is 11.8 Å². The van der Waals surface area contributed by atoms with E-state index in [0.29, 0.717) is 6.42 Å². The number of fused-ring (bicyclic) bond motifs is 3. The number of anilines is 1. The van der Waals surface area contributed by atoms with Crippen LogP contribution in [0.25, 0.3) is 0 Å². The van der Waals surface area contributed by atoms with Crippen molar-refractivity contribution in [2.75, 3.05) is 5.32 Å². The highest BCUT2D eigenvalue weighted by Crippen LogP contribution is 2.38. The highest BCUT2D eigenvalue weighted by molar-refractivity contribution is 6.10. The van der Waals surface area contributed by atoms with Crippen LogP contribution in [0.5, 0.6) is 0 Å². The summed E-state index contributed by atoms with van der Waals surface area (Å²) in [4.78, 5) is 24.6. The molecule has 1 unspecified atom stereocenters. The summed E-state index contributed by atoms with van der Waals surface area (Å²) in [6, 6.07) is 11.7. The van der Waals surface area contributed by atoms with Crippen LogP contribution in [0.3, 0.4) is 0 Å². The first-order valence-electron chi connectivity index (χ1n) is 8.77. The molecule has 0 saturated heterocycles. The van der Waals surface area contributed by atoms with Gasteiger partial charge in [-0.1, -0.05) is 24.3 Å². The normalized spacial score (nSPS) is 21.1. The zero-order chi connectivity index (χ0) is 19.9. The molecule has 4 rings (SSSR count). The van der Waals surface area contributed by atoms with E-state index in [4.69, 9.17) is 0 Å². The van der Waals surface area contributed by atoms with Crippen LogP contribution >= 0.6 is 0 Å². The largest absolute Gasteiger partial charge is 0.416 e. The van der Waals surface area contributed by atoms with E-state index >= 15 is 0 Å². The molecule has 0 aromatic heterocycles. The lowest BCUT2D eigenvalue weighted by atomic mass is 9.73. The Kier molecular flexibility index (Phi) is 4.41. The number of benzene rings is 2. The summed E-state index contributed by atoms with van der Waals surface area (Å²) in [6.45, 7) is 0. The first-order chi connectivity index (χ1) is 13.3. The Morgan fingerprint density at radius 3 is 2.54 bits per heavy atom. The molecular formula is C20H16F3N3O2. The molecule has 2 aliphatic rings. The fourth-order valence-electron chi connectivity index (χ4n) is 3.72. The Morgan fingerprint density at radius 1 is 1.11 bits per heavy atom. The number of carbonyl (C=O) groups excluding carboxylic acids is 2. The van der Waals surface area contributed by atoms with Crippen molar-refractivity contribution in [2.45, 2.75) is 24.9 Å². The number of nitrogens with zero attached hydrogens (tertiary/aromatic N) is 1. The van der Waals surface area contributed by atoms with Gasteiger partial charge < -0.3 is 5.32 Å². The molecule has 2 aromatic carbocycles. The van der Waals surface area contributed by atoms with E-state index in [1.165, 1.54) is 12.1 Å². The van der Waals surface area contributed by atoms with E-state index in [9.17, 15) is 22.8 Å². The smallest absolute Gasteiger partial charge is 0.326 e. The van der Waals surface area contributed by atoms with Crippen molar-refractivity contribution in [1.82, 2.24) is 5.43 Å². The minimum absolute atomic E-state index is 0.174. The maximum atomic E-state index is 12.9. The van der Waals surface area contributed by atoms with Crippen molar-refractivity contribution >= 4 is 23.2 Å². The molecule has 2 atom stereocenters. The summed E-state index contributed by atoms with van der Waals surface area (Å²) in [5.41, 5.74) is 4.35. The van der Waals surface area contributed by atoms with E-state index in [0.717, 1.165) is 29.0 Å². The molecule has 8 heteroatoms. The van der Waals surface area contributed by atoms with Gasteiger partial charge in [-0.2, -0.15) is 18.3 Å². The molecule has 0 fully saturated rings. The third-order valence-electron chi connectivity index (χ3n) is 5.05. The Hall–Kier alpha value is -3.16. The van der Waals surface area contributed by atoms with Crippen LogP contribution < -0.4 is 10.7 Å². The molecule has 0 saturated carbocycles. The van der Waals surface area contributed by atoms with Crippen LogP contribution in [0, 0.1) is 5.92 Å². The van der Waals surface area contributed by atoms with Crippen molar-refractivity contribution in [2.24, 2.45) is 11.0 Å². The van der Waals surface area contributed by atoms with Crippen LogP contribution in [0.1, 0.15) is 35.4 Å². The molecule has 1 aliphatic heterocycles. The fraction of sp³-hybridized carbons (Fsp3) is 0.250. The SMILES string of the molecule is O=C1CC2C[C@@H](C(=O)Nc3ccc(C(F)(F)F)cc3)c3ccccc3C2=NN1. The highest BCUT2D eigenvalue weighted by atomic mass is 19.4. The van der Waals surface area contributed by atoms with Crippen LogP contribution in [0.2, 0.25) is 0 Å². The number of hydrogen-bond acceptors (Lipinski definition) is 3. The lowest BCUT2D eigenvalue weighted by Crippen LogP contribution is -2.39. The molecule has 1 heterocycles. The zero-order valence-electron chi connectivity index (χ0n) is 14.6. The molecule has 0 spiro atoms. The summed E-state index contributed by atoms with van der Waals surface area (Å²) < 4.78 is 38.1. The molecule has 2 amide bonds. The second kappa shape index (κ2) is 6.78. The zero-order valence-corrected chi connectivity index (χ0v) is 14.6.